The molecule has 0 atom stereocenters. The van der Waals surface area contributed by atoms with Crippen molar-refractivity contribution in [1.82, 2.24) is 19.8 Å². The number of carbonyl (C=O) groups is 2. The maximum absolute atomic E-state index is 14.0. The van der Waals surface area contributed by atoms with Gasteiger partial charge in [-0.05, 0) is 30.3 Å². The van der Waals surface area contributed by atoms with Gasteiger partial charge in [-0.25, -0.2) is 9.37 Å². The number of hydrogen-bond donors (Lipinski definition) is 3. The minimum Gasteiger partial charge on any atom is -0.505 e. The fourth-order valence-electron chi connectivity index (χ4n) is 3.60. The van der Waals surface area contributed by atoms with Crippen LogP contribution in [0.15, 0.2) is 36.5 Å². The molecular weight excluding hydrogens is 472 g/mol. The topological polar surface area (TPSA) is 99.5 Å². The van der Waals surface area contributed by atoms with Crippen LogP contribution in [-0.4, -0.2) is 57.6 Å². The Labute approximate surface area is 198 Å². The van der Waals surface area contributed by atoms with E-state index >= 15 is 0 Å². The first kappa shape index (κ1) is 23.0. The fourth-order valence-corrected chi connectivity index (χ4v) is 4.12. The highest BCUT2D eigenvalue weighted by atomic mass is 35.5. The zero-order chi connectivity index (χ0) is 23.7. The molecule has 11 heteroatoms. The summed E-state index contributed by atoms with van der Waals surface area (Å²) in [6.45, 7) is 2.66. The number of nitrogens with zero attached hydrogens (tertiary/aromatic N) is 3. The Morgan fingerprint density at radius 1 is 1.18 bits per heavy atom. The molecule has 2 aromatic carbocycles. The summed E-state index contributed by atoms with van der Waals surface area (Å²) in [6, 6.07) is 7.29. The van der Waals surface area contributed by atoms with Gasteiger partial charge in [-0.2, -0.15) is 0 Å². The smallest absolute Gasteiger partial charge is 0.291 e. The summed E-state index contributed by atoms with van der Waals surface area (Å²) in [4.78, 5) is 31.3. The van der Waals surface area contributed by atoms with E-state index in [1.165, 1.54) is 29.0 Å². The quantitative estimate of drug-likeness (QED) is 0.518. The van der Waals surface area contributed by atoms with E-state index in [1.807, 2.05) is 0 Å². The molecule has 1 aromatic heterocycles. The fraction of sp³-hybridized carbons (Fsp3) is 0.227. The van der Waals surface area contributed by atoms with Crippen molar-refractivity contribution in [1.29, 1.82) is 0 Å². The zero-order valence-corrected chi connectivity index (χ0v) is 19.0. The lowest BCUT2D eigenvalue weighted by atomic mass is 10.1. The van der Waals surface area contributed by atoms with Gasteiger partial charge >= 0.3 is 0 Å². The zero-order valence-electron chi connectivity index (χ0n) is 17.5. The Bertz CT molecular complexity index is 1240. The van der Waals surface area contributed by atoms with Gasteiger partial charge in [-0.1, -0.05) is 23.2 Å². The summed E-state index contributed by atoms with van der Waals surface area (Å²) >= 11 is 12.3. The third-order valence-electron chi connectivity index (χ3n) is 5.39. The number of aromatic hydroxyl groups is 1. The van der Waals surface area contributed by atoms with Gasteiger partial charge in [-0.15, -0.1) is 0 Å². The molecule has 0 unspecified atom stereocenters. The predicted octanol–water partition coefficient (Wildman–Crippen LogP) is 3.54. The molecule has 1 aliphatic rings. The number of phenolic OH excluding ortho intramolecular Hbond substituents is 1. The summed E-state index contributed by atoms with van der Waals surface area (Å²) in [7, 11) is 1.58. The molecule has 1 saturated heterocycles. The molecule has 3 aromatic rings. The van der Waals surface area contributed by atoms with Crippen LogP contribution in [0.5, 0.6) is 5.75 Å². The van der Waals surface area contributed by atoms with E-state index in [9.17, 15) is 19.1 Å². The lowest BCUT2D eigenvalue weighted by Gasteiger charge is -2.27. The highest BCUT2D eigenvalue weighted by molar-refractivity contribution is 6.34. The molecule has 2 amide bonds. The van der Waals surface area contributed by atoms with Gasteiger partial charge in [0.1, 0.15) is 0 Å². The Morgan fingerprint density at radius 2 is 1.91 bits per heavy atom. The van der Waals surface area contributed by atoms with Crippen LogP contribution in [0.1, 0.15) is 21.0 Å². The molecule has 172 valence electrons. The molecule has 8 nitrogen and oxygen atoms in total. The first-order valence-electron chi connectivity index (χ1n) is 10.1. The molecule has 0 radical (unpaired) electrons. The summed E-state index contributed by atoms with van der Waals surface area (Å²) in [5.74, 6) is -2.17. The van der Waals surface area contributed by atoms with E-state index in [0.717, 1.165) is 13.1 Å². The maximum Gasteiger partial charge on any atom is 0.291 e. The molecule has 0 spiro atoms. The van der Waals surface area contributed by atoms with Gasteiger partial charge in [0, 0.05) is 44.5 Å². The lowest BCUT2D eigenvalue weighted by molar-refractivity contribution is 0.0736. The average molecular weight is 492 g/mol. The highest BCUT2D eigenvalue weighted by Crippen LogP contribution is 2.34. The lowest BCUT2D eigenvalue weighted by Crippen LogP contribution is -2.46. The number of phenols is 1. The molecule has 3 N–H and O–H groups in total. The van der Waals surface area contributed by atoms with E-state index in [1.54, 1.807) is 24.1 Å². The number of carbonyl (C=O) groups excluding carboxylic acids is 2. The molecule has 0 bridgehead atoms. The van der Waals surface area contributed by atoms with E-state index in [-0.39, 0.29) is 27.3 Å². The standard InChI is InChI=1S/C22H20Cl2FN5O3/c1-29-16(14-4-5-17(31)19(25)18(14)24)11-27-20(29)21(32)28-12-2-3-13(15(23)10-12)22(33)30-8-6-26-7-9-30/h2-5,10-11,26,31H,6-9H2,1H3,(H,28,32). The minimum absolute atomic E-state index is 0.0478. The molecule has 0 saturated carbocycles. The van der Waals surface area contributed by atoms with E-state index in [4.69, 9.17) is 23.2 Å². The van der Waals surface area contributed by atoms with Crippen molar-refractivity contribution in [2.75, 3.05) is 31.5 Å². The van der Waals surface area contributed by atoms with Gasteiger partial charge in [0.25, 0.3) is 11.8 Å². The van der Waals surface area contributed by atoms with E-state index < -0.39 is 17.5 Å². The number of piperazine rings is 1. The summed E-state index contributed by atoms with van der Waals surface area (Å²) < 4.78 is 15.4. The second kappa shape index (κ2) is 9.38. The molecular formula is C22H20Cl2FN5O3. The maximum atomic E-state index is 14.0. The van der Waals surface area contributed by atoms with Crippen molar-refractivity contribution in [2.24, 2.45) is 7.05 Å². The number of nitrogens with one attached hydrogen (secondary N) is 2. The third kappa shape index (κ3) is 4.52. The Balaban J connectivity index is 1.53. The average Bonchev–Trinajstić information content (AvgIpc) is 3.19. The number of amides is 2. The first-order valence-corrected chi connectivity index (χ1v) is 10.8. The van der Waals surface area contributed by atoms with Crippen molar-refractivity contribution in [3.63, 3.8) is 0 Å². The number of rotatable bonds is 4. The van der Waals surface area contributed by atoms with Crippen LogP contribution in [0.25, 0.3) is 11.3 Å². The second-order valence-corrected chi connectivity index (χ2v) is 8.26. The summed E-state index contributed by atoms with van der Waals surface area (Å²) in [5.41, 5.74) is 1.42. The largest absolute Gasteiger partial charge is 0.505 e. The van der Waals surface area contributed by atoms with Crippen LogP contribution in [0.3, 0.4) is 0 Å². The van der Waals surface area contributed by atoms with Gasteiger partial charge in [0.15, 0.2) is 17.4 Å². The number of imidazole rings is 1. The summed E-state index contributed by atoms with van der Waals surface area (Å²) in [5, 5.41) is 15.3. The number of aromatic nitrogens is 2. The highest BCUT2D eigenvalue weighted by Gasteiger charge is 2.22. The van der Waals surface area contributed by atoms with Crippen molar-refractivity contribution >= 4 is 40.7 Å². The van der Waals surface area contributed by atoms with Crippen LogP contribution in [-0.2, 0) is 7.05 Å². The molecule has 33 heavy (non-hydrogen) atoms. The van der Waals surface area contributed by atoms with Crippen molar-refractivity contribution in [3.05, 3.63) is 63.8 Å². The third-order valence-corrected chi connectivity index (χ3v) is 6.07. The van der Waals surface area contributed by atoms with Crippen molar-refractivity contribution < 1.29 is 19.1 Å². The number of anilines is 1. The van der Waals surface area contributed by atoms with Crippen LogP contribution in [0, 0.1) is 5.82 Å². The Kier molecular flexibility index (Phi) is 6.55. The molecule has 1 fully saturated rings. The minimum atomic E-state index is -0.952. The van der Waals surface area contributed by atoms with Crippen molar-refractivity contribution in [2.45, 2.75) is 0 Å². The van der Waals surface area contributed by atoms with Crippen LogP contribution < -0.4 is 10.6 Å². The van der Waals surface area contributed by atoms with Crippen LogP contribution in [0.4, 0.5) is 10.1 Å². The van der Waals surface area contributed by atoms with Gasteiger partial charge < -0.3 is 25.2 Å². The van der Waals surface area contributed by atoms with E-state index in [0.29, 0.717) is 30.0 Å². The van der Waals surface area contributed by atoms with Gasteiger partial charge in [0.2, 0.25) is 0 Å². The molecule has 4 rings (SSSR count). The number of benzene rings is 2. The van der Waals surface area contributed by atoms with Gasteiger partial charge in [0.05, 0.1) is 27.5 Å². The Hall–Kier alpha value is -3.14. The summed E-state index contributed by atoms with van der Waals surface area (Å²) in [6.07, 6.45) is 1.38. The molecule has 0 aliphatic carbocycles. The van der Waals surface area contributed by atoms with Crippen molar-refractivity contribution in [3.8, 4) is 17.0 Å². The molecule has 2 heterocycles. The van der Waals surface area contributed by atoms with Gasteiger partial charge in [-0.3, -0.25) is 9.59 Å². The number of hydrogen-bond acceptors (Lipinski definition) is 5. The predicted molar refractivity (Wildman–Crippen MR) is 123 cm³/mol. The molecule has 1 aliphatic heterocycles. The first-order chi connectivity index (χ1) is 15.8. The normalized spacial score (nSPS) is 13.8. The number of halogens is 3. The monoisotopic (exact) mass is 491 g/mol. The van der Waals surface area contributed by atoms with E-state index in [2.05, 4.69) is 15.6 Å². The second-order valence-electron chi connectivity index (χ2n) is 7.48. The van der Waals surface area contributed by atoms with Crippen LogP contribution >= 0.6 is 23.2 Å². The SMILES string of the molecule is Cn1c(-c2ccc(O)c(F)c2Cl)cnc1C(=O)Nc1ccc(C(=O)N2CCNCC2)c(Cl)c1. The van der Waals surface area contributed by atoms with Crippen LogP contribution in [0.2, 0.25) is 10.0 Å². The Morgan fingerprint density at radius 3 is 2.61 bits per heavy atom.